The first-order valence-corrected chi connectivity index (χ1v) is 7.95. The van der Waals surface area contributed by atoms with Crippen molar-refractivity contribution < 1.29 is 15.0 Å². The lowest BCUT2D eigenvalue weighted by Gasteiger charge is -2.13. The molecule has 3 N–H and O–H groups in total. The van der Waals surface area contributed by atoms with Crippen molar-refractivity contribution in [3.8, 4) is 0 Å². The molecule has 2 rings (SSSR count). The average Bonchev–Trinajstić information content (AvgIpc) is 2.54. The summed E-state index contributed by atoms with van der Waals surface area (Å²) in [5.74, 6) is -0.260. The van der Waals surface area contributed by atoms with Crippen LogP contribution in [0.5, 0.6) is 0 Å². The normalized spacial score (nSPS) is 11.8. The Labute approximate surface area is 148 Å². The second kappa shape index (κ2) is 8.10. The summed E-state index contributed by atoms with van der Waals surface area (Å²) in [7, 11) is 0. The molecule has 0 aliphatic carbocycles. The molecule has 8 heteroatoms. The van der Waals surface area contributed by atoms with Crippen LogP contribution in [0, 0.1) is 10.1 Å². The minimum atomic E-state index is -0.545. The fourth-order valence-corrected chi connectivity index (χ4v) is 2.71. The van der Waals surface area contributed by atoms with Gasteiger partial charge in [0.15, 0.2) is 6.54 Å². The number of non-ortho nitro benzene ring substituents is 1. The van der Waals surface area contributed by atoms with E-state index >= 15 is 0 Å². The Morgan fingerprint density at radius 1 is 1.25 bits per heavy atom. The van der Waals surface area contributed by atoms with E-state index in [0.717, 1.165) is 5.56 Å². The van der Waals surface area contributed by atoms with E-state index in [1.54, 1.807) is 6.07 Å². The Bertz CT molecular complexity index is 768. The molecule has 0 aliphatic heterocycles. The second-order valence-corrected chi connectivity index (χ2v) is 6.03. The third kappa shape index (κ3) is 4.67. The van der Waals surface area contributed by atoms with E-state index in [0.29, 0.717) is 10.7 Å². The van der Waals surface area contributed by atoms with Gasteiger partial charge in [0.25, 0.3) is 11.6 Å². The van der Waals surface area contributed by atoms with Crippen LogP contribution in [0.15, 0.2) is 42.5 Å². The molecule has 0 radical (unpaired) electrons. The van der Waals surface area contributed by atoms with E-state index in [1.165, 1.54) is 18.2 Å². The zero-order valence-electron chi connectivity index (χ0n) is 12.8. The average molecular weight is 369 g/mol. The van der Waals surface area contributed by atoms with E-state index in [1.807, 2.05) is 30.4 Å². The molecule has 126 valence electrons. The lowest BCUT2D eigenvalue weighted by molar-refractivity contribution is -0.682. The van der Waals surface area contributed by atoms with Crippen molar-refractivity contribution in [1.29, 1.82) is 0 Å². The van der Waals surface area contributed by atoms with Gasteiger partial charge in [0.05, 0.1) is 15.6 Å². The van der Waals surface area contributed by atoms with E-state index in [4.69, 9.17) is 23.2 Å². The zero-order chi connectivity index (χ0) is 17.7. The summed E-state index contributed by atoms with van der Waals surface area (Å²) in [6.07, 6.45) is 0. The number of nitrogens with zero attached hydrogens (tertiary/aromatic N) is 1. The molecule has 0 spiro atoms. The van der Waals surface area contributed by atoms with E-state index < -0.39 is 4.92 Å². The Balaban J connectivity index is 1.94. The Hall–Kier alpha value is -2.15. The fraction of sp³-hybridized carbons (Fsp3) is 0.188. The summed E-state index contributed by atoms with van der Waals surface area (Å²) in [6, 6.07) is 11.4. The van der Waals surface area contributed by atoms with Crippen LogP contribution in [0.1, 0.15) is 18.5 Å². The number of nitrogens with two attached hydrogens (primary N) is 1. The monoisotopic (exact) mass is 368 g/mol. The lowest BCUT2D eigenvalue weighted by Crippen LogP contribution is -2.86. The summed E-state index contributed by atoms with van der Waals surface area (Å²) in [5, 5.41) is 15.9. The molecule has 0 bridgehead atoms. The quantitative estimate of drug-likeness (QED) is 0.606. The van der Waals surface area contributed by atoms with Crippen LogP contribution in [0.2, 0.25) is 10.0 Å². The number of carbonyl (C=O) groups is 1. The first-order chi connectivity index (χ1) is 11.4. The topological polar surface area (TPSA) is 88.8 Å². The molecule has 0 saturated heterocycles. The lowest BCUT2D eigenvalue weighted by atomic mass is 10.1. The number of hydrogen-bond acceptors (Lipinski definition) is 3. The Morgan fingerprint density at radius 2 is 1.96 bits per heavy atom. The maximum absolute atomic E-state index is 12.0. The molecule has 0 aliphatic rings. The van der Waals surface area contributed by atoms with Gasteiger partial charge in [-0.3, -0.25) is 14.9 Å². The molecule has 0 unspecified atom stereocenters. The highest BCUT2D eigenvalue weighted by atomic mass is 35.5. The highest BCUT2D eigenvalue weighted by Crippen LogP contribution is 2.26. The molecule has 1 atom stereocenters. The first-order valence-electron chi connectivity index (χ1n) is 7.20. The molecular formula is C16H16Cl2N3O3+. The molecule has 0 aromatic heterocycles. The third-order valence-electron chi connectivity index (χ3n) is 3.49. The predicted octanol–water partition coefficient (Wildman–Crippen LogP) is 3.16. The molecule has 0 fully saturated rings. The number of quaternary nitrogens is 1. The van der Waals surface area contributed by atoms with Gasteiger partial charge in [0, 0.05) is 22.7 Å². The summed E-state index contributed by atoms with van der Waals surface area (Å²) in [4.78, 5) is 22.2. The SMILES string of the molecule is C[C@H]([NH2+]CC(=O)Nc1ccc([N+](=O)[O-])cc1Cl)c1ccccc1Cl. The van der Waals surface area contributed by atoms with Crippen molar-refractivity contribution in [3.63, 3.8) is 0 Å². The van der Waals surface area contributed by atoms with Crippen LogP contribution in [-0.2, 0) is 4.79 Å². The first kappa shape index (κ1) is 18.2. The van der Waals surface area contributed by atoms with E-state index in [9.17, 15) is 14.9 Å². The molecule has 2 aromatic carbocycles. The van der Waals surface area contributed by atoms with Crippen LogP contribution in [0.25, 0.3) is 0 Å². The summed E-state index contributed by atoms with van der Waals surface area (Å²) in [6.45, 7) is 2.12. The number of benzene rings is 2. The summed E-state index contributed by atoms with van der Waals surface area (Å²) in [5.41, 5.74) is 1.16. The number of hydrogen-bond donors (Lipinski definition) is 2. The largest absolute Gasteiger partial charge is 0.332 e. The molecule has 0 saturated carbocycles. The maximum Gasteiger partial charge on any atom is 0.279 e. The Kier molecular flexibility index (Phi) is 6.14. The fourth-order valence-electron chi connectivity index (χ4n) is 2.18. The van der Waals surface area contributed by atoms with Gasteiger partial charge in [-0.05, 0) is 19.1 Å². The van der Waals surface area contributed by atoms with Crippen LogP contribution < -0.4 is 10.6 Å². The minimum Gasteiger partial charge on any atom is -0.332 e. The standard InChI is InChI=1S/C16H15Cl2N3O3/c1-10(12-4-2-3-5-13(12)17)19-9-16(22)20-15-7-6-11(21(23)24)8-14(15)18/h2-8,10,19H,9H2,1H3,(H,20,22)/p+1/t10-/m0/s1. The van der Waals surface area contributed by atoms with Gasteiger partial charge in [0.1, 0.15) is 6.04 Å². The van der Waals surface area contributed by atoms with Crippen LogP contribution >= 0.6 is 23.2 Å². The van der Waals surface area contributed by atoms with Crippen molar-refractivity contribution in [2.24, 2.45) is 0 Å². The molecule has 24 heavy (non-hydrogen) atoms. The number of amides is 1. The number of halogens is 2. The molecular weight excluding hydrogens is 353 g/mol. The minimum absolute atomic E-state index is 0.0109. The number of nitro benzene ring substituents is 1. The highest BCUT2D eigenvalue weighted by Gasteiger charge is 2.16. The van der Waals surface area contributed by atoms with Crippen LogP contribution in [0.4, 0.5) is 11.4 Å². The van der Waals surface area contributed by atoms with Crippen molar-refractivity contribution in [3.05, 3.63) is 68.2 Å². The smallest absolute Gasteiger partial charge is 0.279 e. The number of nitrogens with one attached hydrogen (secondary N) is 1. The van der Waals surface area contributed by atoms with Crippen LogP contribution in [-0.4, -0.2) is 17.4 Å². The summed E-state index contributed by atoms with van der Waals surface area (Å²) < 4.78 is 0. The maximum atomic E-state index is 12.0. The van der Waals surface area contributed by atoms with Crippen molar-refractivity contribution in [1.82, 2.24) is 0 Å². The number of carbonyl (C=O) groups excluding carboxylic acids is 1. The number of anilines is 1. The van der Waals surface area contributed by atoms with E-state index in [2.05, 4.69) is 5.32 Å². The number of rotatable bonds is 6. The zero-order valence-corrected chi connectivity index (χ0v) is 14.3. The Morgan fingerprint density at radius 3 is 2.58 bits per heavy atom. The van der Waals surface area contributed by atoms with Gasteiger partial charge in [-0.15, -0.1) is 0 Å². The van der Waals surface area contributed by atoms with E-state index in [-0.39, 0.29) is 29.2 Å². The molecule has 6 nitrogen and oxygen atoms in total. The number of nitro groups is 1. The molecule has 1 amide bonds. The van der Waals surface area contributed by atoms with Gasteiger partial charge >= 0.3 is 0 Å². The predicted molar refractivity (Wildman–Crippen MR) is 93.4 cm³/mol. The van der Waals surface area contributed by atoms with Crippen LogP contribution in [0.3, 0.4) is 0 Å². The van der Waals surface area contributed by atoms with Gasteiger partial charge in [-0.25, -0.2) is 0 Å². The van der Waals surface area contributed by atoms with Gasteiger partial charge in [-0.2, -0.15) is 0 Å². The summed E-state index contributed by atoms with van der Waals surface area (Å²) >= 11 is 12.1. The van der Waals surface area contributed by atoms with Gasteiger partial charge in [-0.1, -0.05) is 41.4 Å². The third-order valence-corrected chi connectivity index (χ3v) is 4.15. The van der Waals surface area contributed by atoms with Gasteiger partial charge < -0.3 is 10.6 Å². The second-order valence-electron chi connectivity index (χ2n) is 5.22. The molecule has 2 aromatic rings. The van der Waals surface area contributed by atoms with Crippen molar-refractivity contribution in [2.75, 3.05) is 11.9 Å². The molecule has 0 heterocycles. The highest BCUT2D eigenvalue weighted by molar-refractivity contribution is 6.34. The van der Waals surface area contributed by atoms with Crippen molar-refractivity contribution >= 4 is 40.5 Å². The van der Waals surface area contributed by atoms with Gasteiger partial charge in [0.2, 0.25) is 0 Å². The van der Waals surface area contributed by atoms with Crippen molar-refractivity contribution in [2.45, 2.75) is 13.0 Å².